The maximum absolute atomic E-state index is 11.9. The van der Waals surface area contributed by atoms with E-state index in [-0.39, 0.29) is 18.7 Å². The Bertz CT molecular complexity index is 238. The van der Waals surface area contributed by atoms with Gasteiger partial charge in [-0.1, -0.05) is 0 Å². The predicted molar refractivity (Wildman–Crippen MR) is 61.3 cm³/mol. The van der Waals surface area contributed by atoms with Crippen LogP contribution < -0.4 is 5.32 Å². The number of amides is 1. The van der Waals surface area contributed by atoms with Gasteiger partial charge in [-0.15, -0.1) is 0 Å². The number of nitrogens with zero attached hydrogens (tertiary/aromatic N) is 1. The van der Waals surface area contributed by atoms with Gasteiger partial charge in [-0.25, -0.2) is 4.79 Å². The molecule has 5 nitrogen and oxygen atoms in total. The van der Waals surface area contributed by atoms with Crippen LogP contribution in [0.4, 0.5) is 4.79 Å². The molecule has 0 aromatic heterocycles. The normalized spacial score (nSPS) is 22.8. The van der Waals surface area contributed by atoms with E-state index in [2.05, 4.69) is 5.32 Å². The lowest BCUT2D eigenvalue weighted by Crippen LogP contribution is -2.47. The van der Waals surface area contributed by atoms with Crippen molar-refractivity contribution in [1.82, 2.24) is 10.2 Å². The molecule has 1 heterocycles. The fraction of sp³-hybridized carbons (Fsp3) is 0.909. The first-order chi connectivity index (χ1) is 7.44. The SMILES string of the molecule is CC(C)(C)OC(=O)N1CCCNCC1CO. The first-order valence-corrected chi connectivity index (χ1v) is 5.75. The number of rotatable bonds is 1. The number of aliphatic hydroxyl groups is 1. The summed E-state index contributed by atoms with van der Waals surface area (Å²) in [6, 6.07) is -0.183. The van der Waals surface area contributed by atoms with Crippen molar-refractivity contribution < 1.29 is 14.6 Å². The average Bonchev–Trinajstić information content (AvgIpc) is 2.39. The molecular formula is C11H22N2O3. The van der Waals surface area contributed by atoms with Gasteiger partial charge in [-0.2, -0.15) is 0 Å². The van der Waals surface area contributed by atoms with Crippen LogP contribution in [0.5, 0.6) is 0 Å². The third kappa shape index (κ3) is 3.98. The van der Waals surface area contributed by atoms with Gasteiger partial charge in [0.15, 0.2) is 0 Å². The van der Waals surface area contributed by atoms with Gasteiger partial charge in [0.25, 0.3) is 0 Å². The van der Waals surface area contributed by atoms with E-state index in [1.807, 2.05) is 20.8 Å². The Morgan fingerprint density at radius 2 is 2.25 bits per heavy atom. The second kappa shape index (κ2) is 5.50. The maximum Gasteiger partial charge on any atom is 0.410 e. The van der Waals surface area contributed by atoms with E-state index in [0.717, 1.165) is 13.0 Å². The van der Waals surface area contributed by atoms with E-state index in [1.165, 1.54) is 0 Å². The Kier molecular flexibility index (Phi) is 4.56. The van der Waals surface area contributed by atoms with Gasteiger partial charge < -0.3 is 20.1 Å². The average molecular weight is 230 g/mol. The fourth-order valence-corrected chi connectivity index (χ4v) is 1.66. The summed E-state index contributed by atoms with van der Waals surface area (Å²) in [5.74, 6) is 0. The molecule has 1 atom stereocenters. The molecule has 16 heavy (non-hydrogen) atoms. The number of hydrogen-bond acceptors (Lipinski definition) is 4. The molecule has 0 spiro atoms. The minimum absolute atomic E-state index is 0.0355. The quantitative estimate of drug-likeness (QED) is 0.691. The van der Waals surface area contributed by atoms with Crippen LogP contribution >= 0.6 is 0 Å². The lowest BCUT2D eigenvalue weighted by atomic mass is 10.2. The molecule has 2 N–H and O–H groups in total. The fourth-order valence-electron chi connectivity index (χ4n) is 1.66. The molecular weight excluding hydrogens is 208 g/mol. The molecule has 1 aliphatic rings. The Balaban J connectivity index is 2.63. The summed E-state index contributed by atoms with van der Waals surface area (Å²) in [4.78, 5) is 13.5. The zero-order valence-electron chi connectivity index (χ0n) is 10.3. The van der Waals surface area contributed by atoms with E-state index in [9.17, 15) is 9.90 Å². The minimum Gasteiger partial charge on any atom is -0.444 e. The number of nitrogens with one attached hydrogen (secondary N) is 1. The summed E-state index contributed by atoms with van der Waals surface area (Å²) in [6.07, 6.45) is 0.547. The van der Waals surface area contributed by atoms with Gasteiger partial charge in [0.2, 0.25) is 0 Å². The Morgan fingerprint density at radius 3 is 2.81 bits per heavy atom. The van der Waals surface area contributed by atoms with Crippen LogP contribution in [0.1, 0.15) is 27.2 Å². The van der Waals surface area contributed by atoms with Crippen LogP contribution in [0.15, 0.2) is 0 Å². The molecule has 0 aromatic rings. The van der Waals surface area contributed by atoms with Crippen molar-refractivity contribution in [2.75, 3.05) is 26.2 Å². The van der Waals surface area contributed by atoms with E-state index >= 15 is 0 Å². The van der Waals surface area contributed by atoms with Crippen LogP contribution in [-0.2, 0) is 4.74 Å². The highest BCUT2D eigenvalue weighted by Gasteiger charge is 2.28. The van der Waals surface area contributed by atoms with Crippen molar-refractivity contribution in [3.8, 4) is 0 Å². The smallest absolute Gasteiger partial charge is 0.410 e. The maximum atomic E-state index is 11.9. The summed E-state index contributed by atoms with van der Waals surface area (Å²) < 4.78 is 5.31. The Hall–Kier alpha value is -0.810. The molecule has 5 heteroatoms. The summed E-state index contributed by atoms with van der Waals surface area (Å²) in [5, 5.41) is 12.4. The van der Waals surface area contributed by atoms with Gasteiger partial charge in [-0.3, -0.25) is 0 Å². The molecule has 1 rings (SSSR count). The van der Waals surface area contributed by atoms with Crippen LogP contribution in [0.2, 0.25) is 0 Å². The number of carbonyl (C=O) groups excluding carboxylic acids is 1. The van der Waals surface area contributed by atoms with Crippen LogP contribution in [-0.4, -0.2) is 54.0 Å². The summed E-state index contributed by atoms with van der Waals surface area (Å²) in [6.45, 7) is 7.61. The minimum atomic E-state index is -0.489. The van der Waals surface area contributed by atoms with Crippen molar-refractivity contribution in [1.29, 1.82) is 0 Å². The van der Waals surface area contributed by atoms with Crippen molar-refractivity contribution in [2.24, 2.45) is 0 Å². The molecule has 0 saturated carbocycles. The van der Waals surface area contributed by atoms with Crippen molar-refractivity contribution in [3.63, 3.8) is 0 Å². The monoisotopic (exact) mass is 230 g/mol. The van der Waals surface area contributed by atoms with Crippen LogP contribution in [0.3, 0.4) is 0 Å². The number of aliphatic hydroxyl groups excluding tert-OH is 1. The molecule has 1 unspecified atom stereocenters. The number of hydrogen-bond donors (Lipinski definition) is 2. The van der Waals surface area contributed by atoms with Crippen molar-refractivity contribution >= 4 is 6.09 Å². The largest absolute Gasteiger partial charge is 0.444 e. The van der Waals surface area contributed by atoms with E-state index in [0.29, 0.717) is 13.1 Å². The van der Waals surface area contributed by atoms with Crippen LogP contribution in [0.25, 0.3) is 0 Å². The predicted octanol–water partition coefficient (Wildman–Crippen LogP) is 0.578. The number of ether oxygens (including phenoxy) is 1. The number of carbonyl (C=O) groups is 1. The molecule has 0 bridgehead atoms. The first kappa shape index (κ1) is 13.3. The van der Waals surface area contributed by atoms with Gasteiger partial charge in [-0.05, 0) is 33.7 Å². The Labute approximate surface area is 96.8 Å². The topological polar surface area (TPSA) is 61.8 Å². The molecule has 0 aromatic carbocycles. The molecule has 0 aliphatic carbocycles. The van der Waals surface area contributed by atoms with E-state index in [4.69, 9.17) is 4.74 Å². The summed E-state index contributed by atoms with van der Waals surface area (Å²) in [5.41, 5.74) is -0.489. The van der Waals surface area contributed by atoms with Crippen molar-refractivity contribution in [3.05, 3.63) is 0 Å². The van der Waals surface area contributed by atoms with E-state index in [1.54, 1.807) is 4.90 Å². The first-order valence-electron chi connectivity index (χ1n) is 5.75. The zero-order chi connectivity index (χ0) is 12.2. The molecule has 94 valence electrons. The Morgan fingerprint density at radius 1 is 1.56 bits per heavy atom. The lowest BCUT2D eigenvalue weighted by Gasteiger charge is -2.31. The molecule has 1 saturated heterocycles. The molecule has 1 amide bonds. The zero-order valence-corrected chi connectivity index (χ0v) is 10.3. The highest BCUT2D eigenvalue weighted by molar-refractivity contribution is 5.68. The third-order valence-corrected chi connectivity index (χ3v) is 2.41. The van der Waals surface area contributed by atoms with Gasteiger partial charge in [0.05, 0.1) is 12.6 Å². The third-order valence-electron chi connectivity index (χ3n) is 2.41. The summed E-state index contributed by atoms with van der Waals surface area (Å²) >= 11 is 0. The van der Waals surface area contributed by atoms with E-state index < -0.39 is 5.60 Å². The van der Waals surface area contributed by atoms with Gasteiger partial charge in [0.1, 0.15) is 5.60 Å². The van der Waals surface area contributed by atoms with Crippen molar-refractivity contribution in [2.45, 2.75) is 38.8 Å². The highest BCUT2D eigenvalue weighted by Crippen LogP contribution is 2.13. The van der Waals surface area contributed by atoms with Gasteiger partial charge >= 0.3 is 6.09 Å². The molecule has 1 aliphatic heterocycles. The van der Waals surface area contributed by atoms with Gasteiger partial charge in [0, 0.05) is 13.1 Å². The standard InChI is InChI=1S/C11H22N2O3/c1-11(2,3)16-10(15)13-6-4-5-12-7-9(13)8-14/h9,12,14H,4-8H2,1-3H3. The molecule has 1 fully saturated rings. The lowest BCUT2D eigenvalue weighted by molar-refractivity contribution is 0.0115. The second-order valence-corrected chi connectivity index (χ2v) is 5.07. The summed E-state index contributed by atoms with van der Waals surface area (Å²) in [7, 11) is 0. The highest BCUT2D eigenvalue weighted by atomic mass is 16.6. The molecule has 0 radical (unpaired) electrons. The van der Waals surface area contributed by atoms with Crippen LogP contribution in [0, 0.1) is 0 Å². The second-order valence-electron chi connectivity index (χ2n) is 5.07.